The quantitative estimate of drug-likeness (QED) is 0.501. The number of pyridine rings is 1. The Kier molecular flexibility index (Phi) is 6.43. The lowest BCUT2D eigenvalue weighted by Crippen LogP contribution is -2.38. The summed E-state index contributed by atoms with van der Waals surface area (Å²) in [5.74, 6) is 0.448. The SMILES string of the molecule is C=CC(=O)N1CCCC(c2cnccc2-c2ccc(CNC(=O)c3nc(C4(C)CC4)no3)c(C)c2)C1. The van der Waals surface area contributed by atoms with E-state index in [2.05, 4.69) is 46.1 Å². The van der Waals surface area contributed by atoms with Gasteiger partial charge in [0.2, 0.25) is 5.91 Å². The fourth-order valence-electron chi connectivity index (χ4n) is 4.84. The fraction of sp³-hybridized carbons (Fsp3) is 0.393. The Morgan fingerprint density at radius 3 is 2.89 bits per heavy atom. The number of rotatable bonds is 7. The molecule has 1 atom stereocenters. The van der Waals surface area contributed by atoms with Crippen molar-refractivity contribution in [2.75, 3.05) is 13.1 Å². The molecule has 3 heterocycles. The van der Waals surface area contributed by atoms with Crippen LogP contribution in [0.2, 0.25) is 0 Å². The molecule has 1 unspecified atom stereocenters. The highest BCUT2D eigenvalue weighted by Crippen LogP contribution is 2.45. The van der Waals surface area contributed by atoms with Gasteiger partial charge in [0, 0.05) is 43.4 Å². The molecule has 0 radical (unpaired) electrons. The first-order valence-electron chi connectivity index (χ1n) is 12.5. The fourth-order valence-corrected chi connectivity index (χ4v) is 4.84. The van der Waals surface area contributed by atoms with Gasteiger partial charge in [0.15, 0.2) is 5.82 Å². The molecule has 5 rings (SSSR count). The number of aromatic nitrogens is 3. The summed E-state index contributed by atoms with van der Waals surface area (Å²) in [4.78, 5) is 35.3. The lowest BCUT2D eigenvalue weighted by Gasteiger charge is -2.33. The van der Waals surface area contributed by atoms with Crippen LogP contribution in [-0.4, -0.2) is 44.9 Å². The number of nitrogens with zero attached hydrogens (tertiary/aromatic N) is 4. The maximum Gasteiger partial charge on any atom is 0.315 e. The van der Waals surface area contributed by atoms with Crippen LogP contribution in [0, 0.1) is 6.92 Å². The maximum atomic E-state index is 12.5. The minimum absolute atomic E-state index is 0.00490. The number of carbonyl (C=O) groups is 2. The summed E-state index contributed by atoms with van der Waals surface area (Å²) in [5, 5.41) is 6.87. The Labute approximate surface area is 210 Å². The minimum atomic E-state index is -0.367. The van der Waals surface area contributed by atoms with Crippen LogP contribution in [-0.2, 0) is 16.8 Å². The topological polar surface area (TPSA) is 101 Å². The number of likely N-dealkylation sites (tertiary alicyclic amines) is 1. The second-order valence-electron chi connectivity index (χ2n) is 10.1. The molecule has 1 aromatic carbocycles. The number of amides is 2. The van der Waals surface area contributed by atoms with Crippen LogP contribution in [0.3, 0.4) is 0 Å². The zero-order valence-electron chi connectivity index (χ0n) is 20.8. The highest BCUT2D eigenvalue weighted by atomic mass is 16.5. The number of piperidine rings is 1. The van der Waals surface area contributed by atoms with Crippen LogP contribution in [0.4, 0.5) is 0 Å². The van der Waals surface area contributed by atoms with E-state index in [4.69, 9.17) is 4.52 Å². The van der Waals surface area contributed by atoms with Crippen LogP contribution in [0.1, 0.15) is 71.7 Å². The van der Waals surface area contributed by atoms with Crippen molar-refractivity contribution < 1.29 is 14.1 Å². The normalized spacial score (nSPS) is 18.5. The van der Waals surface area contributed by atoms with Crippen LogP contribution in [0.25, 0.3) is 11.1 Å². The Bertz CT molecular complexity index is 1310. The van der Waals surface area contributed by atoms with E-state index >= 15 is 0 Å². The first-order chi connectivity index (χ1) is 17.4. The lowest BCUT2D eigenvalue weighted by molar-refractivity contribution is -0.127. The average Bonchev–Trinajstić information content (AvgIpc) is 3.45. The molecule has 1 saturated heterocycles. The second kappa shape index (κ2) is 9.68. The summed E-state index contributed by atoms with van der Waals surface area (Å²) < 4.78 is 5.18. The summed E-state index contributed by atoms with van der Waals surface area (Å²) in [5.41, 5.74) is 5.39. The predicted molar refractivity (Wildman–Crippen MR) is 135 cm³/mol. The molecule has 2 amide bonds. The van der Waals surface area contributed by atoms with E-state index < -0.39 is 0 Å². The van der Waals surface area contributed by atoms with Crippen molar-refractivity contribution in [1.82, 2.24) is 25.3 Å². The molecule has 1 N–H and O–H groups in total. The first-order valence-corrected chi connectivity index (χ1v) is 12.5. The largest absolute Gasteiger partial charge is 0.344 e. The molecule has 2 fully saturated rings. The van der Waals surface area contributed by atoms with E-state index in [-0.39, 0.29) is 29.0 Å². The number of hydrogen-bond donors (Lipinski definition) is 1. The third kappa shape index (κ3) is 4.80. The Morgan fingerprint density at radius 1 is 1.31 bits per heavy atom. The number of benzene rings is 1. The summed E-state index contributed by atoms with van der Waals surface area (Å²) >= 11 is 0. The van der Waals surface area contributed by atoms with Crippen molar-refractivity contribution >= 4 is 11.8 Å². The average molecular weight is 486 g/mol. The van der Waals surface area contributed by atoms with E-state index in [1.54, 1.807) is 6.20 Å². The van der Waals surface area contributed by atoms with Crippen LogP contribution in [0.15, 0.2) is 53.8 Å². The second-order valence-corrected chi connectivity index (χ2v) is 10.1. The third-order valence-electron chi connectivity index (χ3n) is 7.45. The lowest BCUT2D eigenvalue weighted by atomic mass is 9.86. The molecule has 186 valence electrons. The molecular formula is C28H31N5O3. The Hall–Kier alpha value is -3.81. The van der Waals surface area contributed by atoms with E-state index in [1.165, 1.54) is 6.08 Å². The van der Waals surface area contributed by atoms with Gasteiger partial charge in [-0.2, -0.15) is 4.98 Å². The van der Waals surface area contributed by atoms with Gasteiger partial charge < -0.3 is 14.7 Å². The highest BCUT2D eigenvalue weighted by Gasteiger charge is 2.44. The van der Waals surface area contributed by atoms with Gasteiger partial charge in [-0.1, -0.05) is 36.9 Å². The van der Waals surface area contributed by atoms with Gasteiger partial charge >= 0.3 is 11.8 Å². The Balaban J connectivity index is 1.29. The summed E-state index contributed by atoms with van der Waals surface area (Å²) in [6.45, 7) is 9.54. The molecular weight excluding hydrogens is 454 g/mol. The van der Waals surface area contributed by atoms with Crippen molar-refractivity contribution in [3.63, 3.8) is 0 Å². The number of aryl methyl sites for hydroxylation is 1. The van der Waals surface area contributed by atoms with Crippen molar-refractivity contribution in [3.8, 4) is 11.1 Å². The molecule has 36 heavy (non-hydrogen) atoms. The molecule has 0 bridgehead atoms. The van der Waals surface area contributed by atoms with Gasteiger partial charge in [0.25, 0.3) is 0 Å². The maximum absolute atomic E-state index is 12.5. The number of hydrogen-bond acceptors (Lipinski definition) is 6. The van der Waals surface area contributed by atoms with Crippen molar-refractivity contribution in [2.45, 2.75) is 57.4 Å². The highest BCUT2D eigenvalue weighted by molar-refractivity contribution is 5.89. The zero-order valence-corrected chi connectivity index (χ0v) is 20.8. The van der Waals surface area contributed by atoms with Crippen LogP contribution < -0.4 is 5.32 Å². The molecule has 8 heteroatoms. The van der Waals surface area contributed by atoms with Gasteiger partial charge in [0.1, 0.15) is 0 Å². The van der Waals surface area contributed by atoms with E-state index in [9.17, 15) is 9.59 Å². The van der Waals surface area contributed by atoms with Crippen LogP contribution in [0.5, 0.6) is 0 Å². The number of nitrogens with one attached hydrogen (secondary N) is 1. The van der Waals surface area contributed by atoms with Gasteiger partial charge in [-0.15, -0.1) is 0 Å². The molecule has 3 aromatic rings. The van der Waals surface area contributed by atoms with Crippen molar-refractivity contribution in [3.05, 3.63) is 77.7 Å². The zero-order chi connectivity index (χ0) is 25.3. The smallest absolute Gasteiger partial charge is 0.315 e. The monoisotopic (exact) mass is 485 g/mol. The molecule has 2 aromatic heterocycles. The van der Waals surface area contributed by atoms with Crippen molar-refractivity contribution in [1.29, 1.82) is 0 Å². The van der Waals surface area contributed by atoms with Gasteiger partial charge in [-0.3, -0.25) is 14.6 Å². The predicted octanol–water partition coefficient (Wildman–Crippen LogP) is 4.31. The molecule has 1 saturated carbocycles. The van der Waals surface area contributed by atoms with E-state index in [1.807, 2.05) is 30.2 Å². The summed E-state index contributed by atoms with van der Waals surface area (Å²) in [6, 6.07) is 8.28. The third-order valence-corrected chi connectivity index (χ3v) is 7.45. The van der Waals surface area contributed by atoms with Gasteiger partial charge in [-0.05, 0) is 72.6 Å². The van der Waals surface area contributed by atoms with Gasteiger partial charge in [-0.25, -0.2) is 0 Å². The molecule has 1 aliphatic heterocycles. The van der Waals surface area contributed by atoms with E-state index in [0.29, 0.717) is 18.9 Å². The first kappa shape index (κ1) is 23.9. The Morgan fingerprint density at radius 2 is 2.14 bits per heavy atom. The minimum Gasteiger partial charge on any atom is -0.344 e. The molecule has 8 nitrogen and oxygen atoms in total. The van der Waals surface area contributed by atoms with Gasteiger partial charge in [0.05, 0.1) is 0 Å². The van der Waals surface area contributed by atoms with Crippen molar-refractivity contribution in [2.24, 2.45) is 0 Å². The molecule has 2 aliphatic rings. The summed E-state index contributed by atoms with van der Waals surface area (Å²) in [6.07, 6.45) is 9.12. The number of carbonyl (C=O) groups excluding carboxylic acids is 2. The standard InChI is InChI=1S/C28H31N5O3/c1-4-24(34)33-13-5-6-21(17-33)23-16-29-12-9-22(23)19-7-8-20(18(2)14-19)15-30-25(35)26-31-27(32-36-26)28(3)10-11-28/h4,7-9,12,14,16,21H,1,5-6,10-11,13,15,17H2,2-3H3,(H,30,35). The van der Waals surface area contributed by atoms with E-state index in [0.717, 1.165) is 60.0 Å². The summed E-state index contributed by atoms with van der Waals surface area (Å²) in [7, 11) is 0. The molecule has 1 aliphatic carbocycles. The molecule has 0 spiro atoms. The van der Waals surface area contributed by atoms with Crippen LogP contribution >= 0.6 is 0 Å².